The maximum absolute atomic E-state index is 13.1. The van der Waals surface area contributed by atoms with Gasteiger partial charge in [-0.25, -0.2) is 9.97 Å². The molecule has 1 saturated carbocycles. The molecule has 1 aromatic rings. The molecule has 26 heavy (non-hydrogen) atoms. The van der Waals surface area contributed by atoms with E-state index in [0.29, 0.717) is 35.8 Å². The molecule has 1 aromatic heterocycles. The lowest BCUT2D eigenvalue weighted by molar-refractivity contribution is -0.147. The zero-order valence-corrected chi connectivity index (χ0v) is 15.9. The molecule has 3 heterocycles. The van der Waals surface area contributed by atoms with Gasteiger partial charge in [0, 0.05) is 38.6 Å². The Morgan fingerprint density at radius 2 is 2.00 bits per heavy atom. The maximum atomic E-state index is 13.1. The van der Waals surface area contributed by atoms with E-state index in [1.807, 2.05) is 4.90 Å². The van der Waals surface area contributed by atoms with E-state index < -0.39 is 0 Å². The lowest BCUT2D eigenvalue weighted by atomic mass is 9.77. The van der Waals surface area contributed by atoms with Gasteiger partial charge in [0.25, 0.3) is 0 Å². The van der Waals surface area contributed by atoms with Crippen LogP contribution in [0.5, 0.6) is 0 Å². The second kappa shape index (κ2) is 7.55. The molecule has 1 spiro atoms. The van der Waals surface area contributed by atoms with Crippen LogP contribution in [-0.2, 0) is 9.59 Å². The van der Waals surface area contributed by atoms with Crippen LogP contribution < -0.4 is 0 Å². The van der Waals surface area contributed by atoms with Crippen LogP contribution in [0.2, 0.25) is 0 Å². The van der Waals surface area contributed by atoms with Gasteiger partial charge in [-0.3, -0.25) is 9.59 Å². The standard InChI is InChI=1S/C19H26N4O2S/c24-16(13-26-18-20-8-3-9-21-18)23-11-7-19(14-23)6-2-10-22(17(19)25)12-15-4-1-5-15/h3,8-9,15H,1-2,4-7,10-14H2. The Kier molecular flexibility index (Phi) is 5.16. The third-order valence-corrected chi connectivity index (χ3v) is 6.96. The van der Waals surface area contributed by atoms with Crippen LogP contribution in [0.3, 0.4) is 0 Å². The summed E-state index contributed by atoms with van der Waals surface area (Å²) in [6.07, 6.45) is 10.00. The number of carbonyl (C=O) groups is 2. The van der Waals surface area contributed by atoms with E-state index in [1.165, 1.54) is 31.0 Å². The van der Waals surface area contributed by atoms with Gasteiger partial charge in [-0.05, 0) is 44.1 Å². The zero-order chi connectivity index (χ0) is 18.0. The van der Waals surface area contributed by atoms with E-state index >= 15 is 0 Å². The number of nitrogens with zero attached hydrogens (tertiary/aromatic N) is 4. The molecular formula is C19H26N4O2S. The molecule has 7 heteroatoms. The highest BCUT2D eigenvalue weighted by Crippen LogP contribution is 2.41. The minimum atomic E-state index is -0.328. The minimum absolute atomic E-state index is 0.0863. The van der Waals surface area contributed by atoms with Crippen LogP contribution >= 0.6 is 11.8 Å². The third kappa shape index (κ3) is 3.59. The summed E-state index contributed by atoms with van der Waals surface area (Å²) in [5.74, 6) is 1.42. The summed E-state index contributed by atoms with van der Waals surface area (Å²) >= 11 is 1.36. The Balaban J connectivity index is 1.34. The van der Waals surface area contributed by atoms with Crippen molar-refractivity contribution in [3.63, 3.8) is 0 Å². The Bertz CT molecular complexity index is 667. The average Bonchev–Trinajstić information content (AvgIpc) is 3.06. The number of piperidine rings is 1. The van der Waals surface area contributed by atoms with Crippen molar-refractivity contribution in [2.45, 2.75) is 43.7 Å². The molecule has 0 bridgehead atoms. The van der Waals surface area contributed by atoms with Crippen LogP contribution in [0.4, 0.5) is 0 Å². The summed E-state index contributed by atoms with van der Waals surface area (Å²) in [7, 11) is 0. The quantitative estimate of drug-likeness (QED) is 0.584. The van der Waals surface area contributed by atoms with Crippen molar-refractivity contribution in [2.24, 2.45) is 11.3 Å². The lowest BCUT2D eigenvalue weighted by Crippen LogP contribution is -2.52. The van der Waals surface area contributed by atoms with E-state index in [1.54, 1.807) is 18.5 Å². The molecule has 2 saturated heterocycles. The number of carbonyl (C=O) groups excluding carboxylic acids is 2. The summed E-state index contributed by atoms with van der Waals surface area (Å²) in [5.41, 5.74) is -0.328. The molecule has 6 nitrogen and oxygen atoms in total. The fourth-order valence-corrected chi connectivity index (χ4v) is 5.06. The number of hydrogen-bond acceptors (Lipinski definition) is 5. The van der Waals surface area contributed by atoms with E-state index in [4.69, 9.17) is 0 Å². The second-order valence-corrected chi connectivity index (χ2v) is 8.76. The van der Waals surface area contributed by atoms with Crippen molar-refractivity contribution < 1.29 is 9.59 Å². The van der Waals surface area contributed by atoms with Gasteiger partial charge in [0.15, 0.2) is 5.16 Å². The van der Waals surface area contributed by atoms with Crippen LogP contribution in [0, 0.1) is 11.3 Å². The monoisotopic (exact) mass is 374 g/mol. The van der Waals surface area contributed by atoms with Crippen molar-refractivity contribution in [1.82, 2.24) is 19.8 Å². The van der Waals surface area contributed by atoms with E-state index in [0.717, 1.165) is 32.4 Å². The molecule has 0 aromatic carbocycles. The normalized spacial score (nSPS) is 26.4. The van der Waals surface area contributed by atoms with Gasteiger partial charge in [-0.1, -0.05) is 18.2 Å². The topological polar surface area (TPSA) is 66.4 Å². The van der Waals surface area contributed by atoms with E-state index in [9.17, 15) is 9.59 Å². The van der Waals surface area contributed by atoms with Gasteiger partial charge in [-0.2, -0.15) is 0 Å². The number of likely N-dealkylation sites (tertiary alicyclic amines) is 2. The fraction of sp³-hybridized carbons (Fsp3) is 0.684. The van der Waals surface area contributed by atoms with Crippen molar-refractivity contribution in [1.29, 1.82) is 0 Å². The molecule has 140 valence electrons. The predicted molar refractivity (Wildman–Crippen MR) is 99.5 cm³/mol. The first kappa shape index (κ1) is 17.8. The highest BCUT2D eigenvalue weighted by atomic mass is 32.2. The first-order chi connectivity index (χ1) is 12.7. The van der Waals surface area contributed by atoms with Crippen molar-refractivity contribution >= 4 is 23.6 Å². The molecule has 3 fully saturated rings. The van der Waals surface area contributed by atoms with Crippen molar-refractivity contribution in [2.75, 3.05) is 31.9 Å². The summed E-state index contributed by atoms with van der Waals surface area (Å²) < 4.78 is 0. The van der Waals surface area contributed by atoms with Crippen LogP contribution in [0.15, 0.2) is 23.6 Å². The molecule has 4 rings (SSSR count). The third-order valence-electron chi connectivity index (χ3n) is 6.10. The lowest BCUT2D eigenvalue weighted by Gasteiger charge is -2.42. The number of thioether (sulfide) groups is 1. The van der Waals surface area contributed by atoms with Gasteiger partial charge >= 0.3 is 0 Å². The Morgan fingerprint density at radius 1 is 1.19 bits per heavy atom. The minimum Gasteiger partial charge on any atom is -0.342 e. The highest BCUT2D eigenvalue weighted by Gasteiger charge is 2.49. The molecule has 1 aliphatic carbocycles. The highest BCUT2D eigenvalue weighted by molar-refractivity contribution is 7.99. The average molecular weight is 375 g/mol. The zero-order valence-electron chi connectivity index (χ0n) is 15.1. The molecule has 1 unspecified atom stereocenters. The number of aromatic nitrogens is 2. The van der Waals surface area contributed by atoms with Crippen molar-refractivity contribution in [3.05, 3.63) is 18.5 Å². The van der Waals surface area contributed by atoms with Crippen LogP contribution in [0.25, 0.3) is 0 Å². The molecule has 2 aliphatic heterocycles. The summed E-state index contributed by atoms with van der Waals surface area (Å²) in [5, 5.41) is 0.621. The maximum Gasteiger partial charge on any atom is 0.233 e. The Labute approximate surface area is 158 Å². The van der Waals surface area contributed by atoms with Gasteiger partial charge < -0.3 is 9.80 Å². The fourth-order valence-electron chi connectivity index (χ4n) is 4.35. The molecule has 2 amide bonds. The van der Waals surface area contributed by atoms with E-state index in [-0.39, 0.29) is 11.3 Å². The van der Waals surface area contributed by atoms with Crippen molar-refractivity contribution in [3.8, 4) is 0 Å². The Hall–Kier alpha value is -1.63. The molecule has 3 aliphatic rings. The molecule has 0 N–H and O–H groups in total. The van der Waals surface area contributed by atoms with E-state index in [2.05, 4.69) is 14.9 Å². The molecule has 1 atom stereocenters. The summed E-state index contributed by atoms with van der Waals surface area (Å²) in [6.45, 7) is 3.10. The number of hydrogen-bond donors (Lipinski definition) is 0. The first-order valence-electron chi connectivity index (χ1n) is 9.63. The van der Waals surface area contributed by atoms with Crippen LogP contribution in [-0.4, -0.2) is 63.5 Å². The number of amides is 2. The predicted octanol–water partition coefficient (Wildman–Crippen LogP) is 2.21. The summed E-state index contributed by atoms with van der Waals surface area (Å²) in [6, 6.07) is 1.76. The molecule has 0 radical (unpaired) electrons. The van der Waals surface area contributed by atoms with Gasteiger partial charge in [0.1, 0.15) is 0 Å². The second-order valence-electron chi connectivity index (χ2n) is 7.82. The van der Waals surface area contributed by atoms with Crippen LogP contribution in [0.1, 0.15) is 38.5 Å². The smallest absolute Gasteiger partial charge is 0.233 e. The van der Waals surface area contributed by atoms with Gasteiger partial charge in [-0.15, -0.1) is 0 Å². The van der Waals surface area contributed by atoms with Gasteiger partial charge in [0.05, 0.1) is 11.2 Å². The Morgan fingerprint density at radius 3 is 2.73 bits per heavy atom. The largest absolute Gasteiger partial charge is 0.342 e. The summed E-state index contributed by atoms with van der Waals surface area (Å²) in [4.78, 5) is 38.0. The van der Waals surface area contributed by atoms with Gasteiger partial charge in [0.2, 0.25) is 11.8 Å². The number of rotatable bonds is 5. The molecular weight excluding hydrogens is 348 g/mol. The first-order valence-corrected chi connectivity index (χ1v) is 10.6. The SMILES string of the molecule is O=C(CSc1ncccn1)N1CCC2(CCCN(CC3CCC3)C2=O)C1.